The molecular formula is C20H14BrNO5. The SMILES string of the molecule is C=CCNC(=O)c1cc2ccc(OC(=O)c3ccc(Br)cc3)cc2oc1=O. The smallest absolute Gasteiger partial charge is 0.349 e. The first-order valence-electron chi connectivity index (χ1n) is 7.92. The maximum absolute atomic E-state index is 12.2. The zero-order chi connectivity index (χ0) is 19.4. The fraction of sp³-hybridized carbons (Fsp3) is 0.0500. The van der Waals surface area contributed by atoms with Crippen molar-refractivity contribution in [3.8, 4) is 5.75 Å². The lowest BCUT2D eigenvalue weighted by Crippen LogP contribution is -2.28. The maximum Gasteiger partial charge on any atom is 0.349 e. The van der Waals surface area contributed by atoms with Crippen LogP contribution in [-0.2, 0) is 0 Å². The molecule has 1 aromatic heterocycles. The Labute approximate surface area is 162 Å². The van der Waals surface area contributed by atoms with Gasteiger partial charge in [0.25, 0.3) is 5.91 Å². The Hall–Kier alpha value is -3.19. The van der Waals surface area contributed by atoms with Crippen LogP contribution in [0.4, 0.5) is 0 Å². The minimum atomic E-state index is -0.777. The molecule has 2 aromatic carbocycles. The number of fused-ring (bicyclic) bond motifs is 1. The van der Waals surface area contributed by atoms with E-state index in [1.165, 1.54) is 18.2 Å². The van der Waals surface area contributed by atoms with E-state index in [1.54, 1.807) is 36.4 Å². The van der Waals surface area contributed by atoms with Crippen molar-refractivity contribution in [2.24, 2.45) is 0 Å². The number of amides is 1. The number of benzene rings is 2. The lowest BCUT2D eigenvalue weighted by molar-refractivity contribution is 0.0734. The summed E-state index contributed by atoms with van der Waals surface area (Å²) in [5, 5.41) is 3.05. The second-order valence-electron chi connectivity index (χ2n) is 5.54. The van der Waals surface area contributed by atoms with Crippen molar-refractivity contribution in [3.63, 3.8) is 0 Å². The Kier molecular flexibility index (Phi) is 5.52. The van der Waals surface area contributed by atoms with E-state index >= 15 is 0 Å². The van der Waals surface area contributed by atoms with E-state index in [1.807, 2.05) is 0 Å². The summed E-state index contributed by atoms with van der Waals surface area (Å²) in [4.78, 5) is 36.2. The standard InChI is InChI=1S/C20H14BrNO5/c1-2-9-22-18(23)16-10-13-5-8-15(11-17(13)27-20(16)25)26-19(24)12-3-6-14(21)7-4-12/h2-8,10-11H,1,9H2,(H,22,23). The molecule has 0 unspecified atom stereocenters. The third-order valence-electron chi connectivity index (χ3n) is 3.65. The molecule has 0 aliphatic rings. The van der Waals surface area contributed by atoms with Gasteiger partial charge in [0.05, 0.1) is 5.56 Å². The van der Waals surface area contributed by atoms with Crippen molar-refractivity contribution in [1.82, 2.24) is 5.32 Å². The molecule has 0 fully saturated rings. The van der Waals surface area contributed by atoms with Gasteiger partial charge in [0.1, 0.15) is 16.9 Å². The van der Waals surface area contributed by atoms with E-state index in [0.29, 0.717) is 10.9 Å². The first kappa shape index (κ1) is 18.6. The Bertz CT molecular complexity index is 1090. The summed E-state index contributed by atoms with van der Waals surface area (Å²) in [6.45, 7) is 3.74. The highest BCUT2D eigenvalue weighted by Gasteiger charge is 2.14. The molecule has 0 bridgehead atoms. The van der Waals surface area contributed by atoms with Crippen LogP contribution in [0.3, 0.4) is 0 Å². The summed E-state index contributed by atoms with van der Waals surface area (Å²) in [6.07, 6.45) is 1.51. The molecule has 6 nitrogen and oxygen atoms in total. The summed E-state index contributed by atoms with van der Waals surface area (Å²) < 4.78 is 11.4. The number of esters is 1. The van der Waals surface area contributed by atoms with Gasteiger partial charge in [-0.2, -0.15) is 0 Å². The summed E-state index contributed by atoms with van der Waals surface area (Å²) in [7, 11) is 0. The average molecular weight is 428 g/mol. The summed E-state index contributed by atoms with van der Waals surface area (Å²) in [5.41, 5.74) is -0.292. The molecule has 0 aliphatic heterocycles. The largest absolute Gasteiger partial charge is 0.423 e. The molecule has 0 spiro atoms. The molecule has 3 rings (SSSR count). The Balaban J connectivity index is 1.86. The molecule has 0 aliphatic carbocycles. The maximum atomic E-state index is 12.2. The molecule has 0 saturated carbocycles. The summed E-state index contributed by atoms with van der Waals surface area (Å²) in [5.74, 6) is -0.858. The van der Waals surface area contributed by atoms with E-state index in [0.717, 1.165) is 4.47 Å². The van der Waals surface area contributed by atoms with E-state index in [-0.39, 0.29) is 23.4 Å². The van der Waals surface area contributed by atoms with Crippen LogP contribution < -0.4 is 15.7 Å². The van der Waals surface area contributed by atoms with Gasteiger partial charge in [-0.05, 0) is 42.5 Å². The van der Waals surface area contributed by atoms with Crippen molar-refractivity contribution in [2.45, 2.75) is 0 Å². The quantitative estimate of drug-likeness (QED) is 0.290. The number of carbonyl (C=O) groups is 2. The molecule has 27 heavy (non-hydrogen) atoms. The average Bonchev–Trinajstić information content (AvgIpc) is 2.66. The summed E-state index contributed by atoms with van der Waals surface area (Å²) in [6, 6.07) is 12.7. The van der Waals surface area contributed by atoms with Crippen LogP contribution in [0.1, 0.15) is 20.7 Å². The molecule has 0 saturated heterocycles. The van der Waals surface area contributed by atoms with Gasteiger partial charge in [-0.25, -0.2) is 9.59 Å². The number of hydrogen-bond donors (Lipinski definition) is 1. The zero-order valence-corrected chi connectivity index (χ0v) is 15.6. The molecule has 0 radical (unpaired) electrons. The molecule has 1 heterocycles. The molecule has 7 heteroatoms. The van der Waals surface area contributed by atoms with Crippen LogP contribution in [0.5, 0.6) is 5.75 Å². The highest BCUT2D eigenvalue weighted by molar-refractivity contribution is 9.10. The second-order valence-corrected chi connectivity index (χ2v) is 6.46. The van der Waals surface area contributed by atoms with Crippen LogP contribution in [0, 0.1) is 0 Å². The topological polar surface area (TPSA) is 85.6 Å². The fourth-order valence-electron chi connectivity index (χ4n) is 2.33. The number of ether oxygens (including phenoxy) is 1. The minimum Gasteiger partial charge on any atom is -0.423 e. The lowest BCUT2D eigenvalue weighted by atomic mass is 10.1. The van der Waals surface area contributed by atoms with Gasteiger partial charge >= 0.3 is 11.6 Å². The zero-order valence-electron chi connectivity index (χ0n) is 14.0. The first-order valence-corrected chi connectivity index (χ1v) is 8.72. The van der Waals surface area contributed by atoms with Crippen LogP contribution in [0.2, 0.25) is 0 Å². The van der Waals surface area contributed by atoms with Gasteiger partial charge in [0, 0.05) is 22.5 Å². The van der Waals surface area contributed by atoms with Crippen LogP contribution in [-0.4, -0.2) is 18.4 Å². The molecule has 0 atom stereocenters. The number of carbonyl (C=O) groups excluding carboxylic acids is 2. The Morgan fingerprint density at radius 2 is 1.89 bits per heavy atom. The van der Waals surface area contributed by atoms with Gasteiger partial charge < -0.3 is 14.5 Å². The predicted molar refractivity (Wildman–Crippen MR) is 104 cm³/mol. The first-order chi connectivity index (χ1) is 13.0. The van der Waals surface area contributed by atoms with Crippen molar-refractivity contribution in [1.29, 1.82) is 0 Å². The fourth-order valence-corrected chi connectivity index (χ4v) is 2.59. The highest BCUT2D eigenvalue weighted by Crippen LogP contribution is 2.22. The van der Waals surface area contributed by atoms with E-state index < -0.39 is 17.5 Å². The van der Waals surface area contributed by atoms with E-state index in [9.17, 15) is 14.4 Å². The normalized spacial score (nSPS) is 10.4. The predicted octanol–water partition coefficient (Wildman–Crippen LogP) is 3.69. The number of hydrogen-bond acceptors (Lipinski definition) is 5. The molecule has 1 amide bonds. The highest BCUT2D eigenvalue weighted by atomic mass is 79.9. The second kappa shape index (κ2) is 8.01. The molecular weight excluding hydrogens is 414 g/mol. The monoisotopic (exact) mass is 427 g/mol. The summed E-state index contributed by atoms with van der Waals surface area (Å²) >= 11 is 3.30. The Morgan fingerprint density at radius 1 is 1.15 bits per heavy atom. The third-order valence-corrected chi connectivity index (χ3v) is 4.18. The van der Waals surface area contributed by atoms with Gasteiger partial charge in [-0.1, -0.05) is 22.0 Å². The van der Waals surface area contributed by atoms with Crippen molar-refractivity contribution in [3.05, 3.63) is 87.2 Å². The van der Waals surface area contributed by atoms with Gasteiger partial charge in [-0.15, -0.1) is 6.58 Å². The van der Waals surface area contributed by atoms with Crippen LogP contribution in [0.25, 0.3) is 11.0 Å². The molecule has 136 valence electrons. The lowest BCUT2D eigenvalue weighted by Gasteiger charge is -2.06. The van der Waals surface area contributed by atoms with Gasteiger partial charge in [0.15, 0.2) is 0 Å². The molecule has 1 N–H and O–H groups in total. The van der Waals surface area contributed by atoms with Crippen molar-refractivity contribution >= 4 is 38.8 Å². The van der Waals surface area contributed by atoms with E-state index in [2.05, 4.69) is 27.8 Å². The Morgan fingerprint density at radius 3 is 2.59 bits per heavy atom. The molecule has 3 aromatic rings. The van der Waals surface area contributed by atoms with Gasteiger partial charge in [0.2, 0.25) is 0 Å². The van der Waals surface area contributed by atoms with E-state index in [4.69, 9.17) is 9.15 Å². The third kappa shape index (κ3) is 4.32. The van der Waals surface area contributed by atoms with Crippen LogP contribution >= 0.6 is 15.9 Å². The van der Waals surface area contributed by atoms with Crippen molar-refractivity contribution < 1.29 is 18.7 Å². The number of halogens is 1. The number of nitrogens with one attached hydrogen (secondary N) is 1. The van der Waals surface area contributed by atoms with Gasteiger partial charge in [-0.3, -0.25) is 4.79 Å². The van der Waals surface area contributed by atoms with Crippen LogP contribution in [0.15, 0.2) is 74.9 Å². The number of rotatable bonds is 5. The minimum absolute atomic E-state index is 0.107. The van der Waals surface area contributed by atoms with Crippen molar-refractivity contribution in [2.75, 3.05) is 6.54 Å².